The van der Waals surface area contributed by atoms with Crippen molar-refractivity contribution in [3.63, 3.8) is 0 Å². The Bertz CT molecular complexity index is 3110. The summed E-state index contributed by atoms with van der Waals surface area (Å²) in [7, 11) is 5.07. The molecule has 75 heavy (non-hydrogen) atoms. The van der Waals surface area contributed by atoms with Crippen LogP contribution in [0.25, 0.3) is 6.08 Å². The number of likely N-dealkylation sites (N-methyl/N-ethyl adjacent to an activating group) is 1. The Kier molecular flexibility index (Phi) is 15.7. The quantitative estimate of drug-likeness (QED) is 0.0607. The number of nitrogens with zero attached hydrogens (tertiary/aromatic N) is 3. The first-order valence-electron chi connectivity index (χ1n) is 25.5. The second-order valence-corrected chi connectivity index (χ2v) is 19.6. The minimum atomic E-state index is -0.437. The van der Waals surface area contributed by atoms with Gasteiger partial charge in [-0.2, -0.15) is 0 Å². The average molecular weight is 1020 g/mol. The summed E-state index contributed by atoms with van der Waals surface area (Å²) in [5.74, 6) is -0.180. The molecule has 4 heterocycles. The number of carbonyl (C=O) groups is 7. The van der Waals surface area contributed by atoms with E-state index in [1.165, 1.54) is 7.11 Å². The van der Waals surface area contributed by atoms with Crippen LogP contribution in [0.4, 0.5) is 22.7 Å². The van der Waals surface area contributed by atoms with E-state index >= 15 is 0 Å². The molecule has 5 amide bonds. The van der Waals surface area contributed by atoms with Crippen molar-refractivity contribution in [2.75, 3.05) is 54.3 Å². The van der Waals surface area contributed by atoms with Gasteiger partial charge in [0.15, 0.2) is 17.3 Å². The van der Waals surface area contributed by atoms with Gasteiger partial charge in [0.1, 0.15) is 24.7 Å². The fourth-order valence-electron chi connectivity index (χ4n) is 10.4. The van der Waals surface area contributed by atoms with Crippen molar-refractivity contribution in [2.45, 2.75) is 96.4 Å². The van der Waals surface area contributed by atoms with Gasteiger partial charge in [-0.3, -0.25) is 33.6 Å². The lowest BCUT2D eigenvalue weighted by molar-refractivity contribution is -0.127. The third kappa shape index (κ3) is 11.8. The van der Waals surface area contributed by atoms with E-state index < -0.39 is 11.8 Å². The number of ketones is 2. The van der Waals surface area contributed by atoms with Crippen LogP contribution < -0.4 is 44.9 Å². The molecule has 0 unspecified atom stereocenters. The zero-order valence-electron chi connectivity index (χ0n) is 42.8. The number of anilines is 4. The summed E-state index contributed by atoms with van der Waals surface area (Å²) in [5, 5.41) is 8.02. The van der Waals surface area contributed by atoms with Crippen molar-refractivity contribution in [3.8, 4) is 17.2 Å². The molecule has 3 N–H and O–H groups in total. The second kappa shape index (κ2) is 22.9. The zero-order chi connectivity index (χ0) is 52.8. The molecule has 9 rings (SSSR count). The minimum Gasteiger partial charge on any atom is -0.493 e. The number of para-hydroxylation sites is 2. The summed E-state index contributed by atoms with van der Waals surface area (Å²) in [5.41, 5.74) is 9.25. The molecule has 0 bridgehead atoms. The van der Waals surface area contributed by atoms with E-state index in [4.69, 9.17) is 14.2 Å². The number of methoxy groups -OCH3 is 1. The van der Waals surface area contributed by atoms with Crippen molar-refractivity contribution >= 4 is 69.9 Å². The van der Waals surface area contributed by atoms with E-state index in [2.05, 4.69) is 26.9 Å². The maximum absolute atomic E-state index is 14.2. The normalized spacial score (nSPS) is 15.8. The lowest BCUT2D eigenvalue weighted by atomic mass is 10.0. The minimum absolute atomic E-state index is 0.00634. The van der Waals surface area contributed by atoms with Gasteiger partial charge in [-0.1, -0.05) is 48.6 Å². The molecule has 0 aliphatic carbocycles. The van der Waals surface area contributed by atoms with Crippen LogP contribution >= 0.6 is 0 Å². The third-order valence-electron chi connectivity index (χ3n) is 14.3. The molecule has 0 saturated carbocycles. The van der Waals surface area contributed by atoms with Crippen molar-refractivity contribution in [3.05, 3.63) is 142 Å². The highest BCUT2D eigenvalue weighted by molar-refractivity contribution is 6.13. The van der Waals surface area contributed by atoms with Crippen molar-refractivity contribution in [2.24, 2.45) is 0 Å². The van der Waals surface area contributed by atoms with E-state index in [1.54, 1.807) is 31.3 Å². The van der Waals surface area contributed by atoms with E-state index in [0.29, 0.717) is 83.0 Å². The summed E-state index contributed by atoms with van der Waals surface area (Å²) in [6, 6.07) is 28.6. The van der Waals surface area contributed by atoms with Gasteiger partial charge >= 0.3 is 0 Å². The smallest absolute Gasteiger partial charge is 0.260 e. The molecule has 4 aliphatic heterocycles. The number of nitrogens with one attached hydrogen (secondary N) is 3. The lowest BCUT2D eigenvalue weighted by Crippen LogP contribution is -2.41. The largest absolute Gasteiger partial charge is 0.493 e. The number of hydrogen-bond acceptors (Lipinski definition) is 11. The van der Waals surface area contributed by atoms with E-state index in [9.17, 15) is 33.6 Å². The predicted octanol–water partition coefficient (Wildman–Crippen LogP) is 7.84. The lowest BCUT2D eigenvalue weighted by Gasteiger charge is -2.25. The van der Waals surface area contributed by atoms with Crippen LogP contribution in [0.2, 0.25) is 0 Å². The van der Waals surface area contributed by atoms with Gasteiger partial charge in [0.25, 0.3) is 11.8 Å². The Morgan fingerprint density at radius 3 is 2.03 bits per heavy atom. The first-order valence-corrected chi connectivity index (χ1v) is 25.5. The average Bonchev–Trinajstić information content (AvgIpc) is 3.93. The summed E-state index contributed by atoms with van der Waals surface area (Å²) in [6.45, 7) is 2.41. The highest BCUT2D eigenvalue weighted by Gasteiger charge is 2.39. The number of Topliss-reactive ketones (excluding diaryl/α,β-unsaturated/α-hetero) is 2. The van der Waals surface area contributed by atoms with Crippen LogP contribution in [-0.4, -0.2) is 87.5 Å². The molecule has 0 aromatic heterocycles. The Morgan fingerprint density at radius 1 is 0.640 bits per heavy atom. The number of ether oxygens (including phenoxy) is 3. The van der Waals surface area contributed by atoms with Crippen LogP contribution in [0.3, 0.4) is 0 Å². The summed E-state index contributed by atoms with van der Waals surface area (Å²) in [6.07, 6.45) is 6.92. The van der Waals surface area contributed by atoms with E-state index in [-0.39, 0.29) is 93.2 Å². The van der Waals surface area contributed by atoms with Gasteiger partial charge in [-0.05, 0) is 115 Å². The molecule has 5 aromatic rings. The molecule has 4 aliphatic rings. The summed E-state index contributed by atoms with van der Waals surface area (Å²) < 4.78 is 18.8. The van der Waals surface area contributed by atoms with Gasteiger partial charge in [-0.25, -0.2) is 0 Å². The Morgan fingerprint density at radius 2 is 1.29 bits per heavy atom. The molecule has 0 radical (unpaired) electrons. The maximum atomic E-state index is 14.2. The Balaban J connectivity index is 0.880. The highest BCUT2D eigenvalue weighted by atomic mass is 16.5. The molecule has 0 saturated heterocycles. The molecule has 388 valence electrons. The van der Waals surface area contributed by atoms with Gasteiger partial charge in [0.2, 0.25) is 17.7 Å². The molecule has 0 spiro atoms. The van der Waals surface area contributed by atoms with E-state index in [1.807, 2.05) is 96.6 Å². The maximum Gasteiger partial charge on any atom is 0.260 e. The van der Waals surface area contributed by atoms with Crippen molar-refractivity contribution in [1.82, 2.24) is 10.6 Å². The van der Waals surface area contributed by atoms with Crippen LogP contribution in [0.15, 0.2) is 97.1 Å². The van der Waals surface area contributed by atoms with Crippen molar-refractivity contribution in [1.29, 1.82) is 0 Å². The Hall–Kier alpha value is -8.27. The number of unbranched alkanes of at least 4 members (excludes halogenated alkanes) is 1. The molecule has 16 heteroatoms. The zero-order valence-corrected chi connectivity index (χ0v) is 42.8. The summed E-state index contributed by atoms with van der Waals surface area (Å²) in [4.78, 5) is 96.4. The van der Waals surface area contributed by atoms with E-state index in [0.717, 1.165) is 40.2 Å². The molecular formula is C59H62N6O10. The molecule has 0 fully saturated rings. The predicted molar refractivity (Wildman–Crippen MR) is 286 cm³/mol. The molecule has 16 nitrogen and oxygen atoms in total. The number of carbonyl (C=O) groups excluding carboxylic acids is 7. The highest BCUT2D eigenvalue weighted by Crippen LogP contribution is 2.42. The topological polar surface area (TPSA) is 193 Å². The molecule has 5 aromatic carbocycles. The first kappa shape index (κ1) is 51.6. The first-order chi connectivity index (χ1) is 36.3. The number of hydrogen-bond donors (Lipinski definition) is 3. The number of benzene rings is 5. The fourth-order valence-corrected chi connectivity index (χ4v) is 10.4. The number of amides is 5. The van der Waals surface area contributed by atoms with Gasteiger partial charge in [0.05, 0.1) is 42.6 Å². The van der Waals surface area contributed by atoms with Crippen LogP contribution in [0.5, 0.6) is 17.2 Å². The van der Waals surface area contributed by atoms with Gasteiger partial charge in [-0.15, -0.1) is 0 Å². The third-order valence-corrected chi connectivity index (χ3v) is 14.3. The second-order valence-electron chi connectivity index (χ2n) is 19.6. The Labute approximate surface area is 436 Å². The van der Waals surface area contributed by atoms with Crippen molar-refractivity contribution < 1.29 is 47.8 Å². The standard InChI is InChI=1S/C59H62N6O10/c1-36-23-48-51(63(3)33-44-28-41-12-6-9-15-50(41)65(44)59(48)72)31-52(36)74-34-37-24-38(26-42(25-37)62-57(70)22-20-46(67)32-61-56(69)21-19-45(66)13-7-10-16-55(68)60-2)35-75-54-29-39-17-18-43-27-40-11-5-8-14-49(40)64(43)58(71)47(39)30-53(54)73-4/h5-6,8-9,11-12,14-15,17-18,23-26,29-31,43-44H,7,10,13,16,19-22,27-28,32-35H2,1-4H3,(H,60,68)(H,61,69)(H,62,70)/t43-,44+/m1/s1. The fraction of sp³-hybridized carbons (Fsp3) is 0.339. The van der Waals surface area contributed by atoms with Crippen LogP contribution in [-0.2, 0) is 50.0 Å². The number of aryl methyl sites for hydroxylation is 1. The van der Waals surface area contributed by atoms with Crippen LogP contribution in [0.1, 0.15) is 105 Å². The van der Waals surface area contributed by atoms with Gasteiger partial charge < -0.3 is 44.9 Å². The summed E-state index contributed by atoms with van der Waals surface area (Å²) >= 11 is 0. The number of rotatable bonds is 21. The molecular weight excluding hydrogens is 953 g/mol. The van der Waals surface area contributed by atoms with Gasteiger partial charge in [0, 0.05) is 82.3 Å². The molecule has 2 atom stereocenters. The van der Waals surface area contributed by atoms with Crippen LogP contribution in [0, 0.1) is 6.92 Å². The monoisotopic (exact) mass is 1010 g/mol. The SMILES string of the molecule is CNC(=O)CCCCC(=O)CCC(=O)NCC(=O)CCC(=O)Nc1cc(COc2cc3c(cc2C)C(=O)N2c4ccccc4C[C@H]2CN3C)cc(COc2cc3c(cc2OC)C(=O)N2c4ccccc4C[C@H]2C=C3)c1. The number of fused-ring (bicyclic) bond motifs is 8.